The van der Waals surface area contributed by atoms with Gasteiger partial charge in [-0.25, -0.2) is 0 Å². The molecule has 2 saturated heterocycles. The van der Waals surface area contributed by atoms with Crippen molar-refractivity contribution in [2.24, 2.45) is 17.8 Å². The molecule has 0 saturated carbocycles. The van der Waals surface area contributed by atoms with E-state index in [1.54, 1.807) is 0 Å². The Hall–Kier alpha value is -3.60. The molecule has 174 valence electrons. The van der Waals surface area contributed by atoms with E-state index < -0.39 is 0 Å². The SMILES string of the molecule is O=C1C(C(CCNc2ccccc2)C2CCN(c3ccccc3)C2=O)CCN1c1ccccc1. The van der Waals surface area contributed by atoms with E-state index in [0.717, 1.165) is 42.9 Å². The third-order valence-corrected chi connectivity index (χ3v) is 7.24. The van der Waals surface area contributed by atoms with Crippen LogP contribution in [0.2, 0.25) is 0 Å². The van der Waals surface area contributed by atoms with Crippen LogP contribution < -0.4 is 15.1 Å². The molecule has 2 amide bonds. The molecular formula is C29H31N3O2. The Morgan fingerprint density at radius 2 is 1.12 bits per heavy atom. The zero-order valence-corrected chi connectivity index (χ0v) is 19.3. The molecule has 0 radical (unpaired) electrons. The van der Waals surface area contributed by atoms with Crippen molar-refractivity contribution in [2.45, 2.75) is 19.3 Å². The minimum Gasteiger partial charge on any atom is -0.385 e. The van der Waals surface area contributed by atoms with Crippen LogP contribution in [-0.4, -0.2) is 31.4 Å². The fourth-order valence-corrected chi connectivity index (χ4v) is 5.55. The Morgan fingerprint density at radius 3 is 1.59 bits per heavy atom. The largest absolute Gasteiger partial charge is 0.385 e. The summed E-state index contributed by atoms with van der Waals surface area (Å²) in [6.45, 7) is 2.15. The first-order chi connectivity index (χ1) is 16.7. The summed E-state index contributed by atoms with van der Waals surface area (Å²) in [7, 11) is 0. The minimum atomic E-state index is -0.137. The molecule has 2 aliphatic rings. The third-order valence-electron chi connectivity index (χ3n) is 7.24. The average molecular weight is 454 g/mol. The van der Waals surface area contributed by atoms with Gasteiger partial charge in [0.1, 0.15) is 0 Å². The molecule has 3 aromatic rings. The lowest BCUT2D eigenvalue weighted by Crippen LogP contribution is -2.37. The van der Waals surface area contributed by atoms with Crippen LogP contribution in [0.1, 0.15) is 19.3 Å². The summed E-state index contributed by atoms with van der Waals surface area (Å²) >= 11 is 0. The lowest BCUT2D eigenvalue weighted by molar-refractivity contribution is -0.126. The Kier molecular flexibility index (Phi) is 6.61. The normalized spacial score (nSPS) is 21.2. The van der Waals surface area contributed by atoms with E-state index in [9.17, 15) is 9.59 Å². The topological polar surface area (TPSA) is 52.7 Å². The standard InChI is InChI=1S/C29H31N3O2/c33-28-26(17-20-31(28)23-12-6-2-7-13-23)25(16-19-30-22-10-4-1-5-11-22)27-18-21-32(29(27)34)24-14-8-3-9-15-24/h1-15,25-27,30H,16-21H2. The van der Waals surface area contributed by atoms with Gasteiger partial charge in [0.15, 0.2) is 0 Å². The van der Waals surface area contributed by atoms with E-state index in [1.165, 1.54) is 0 Å². The third kappa shape index (κ3) is 4.56. The van der Waals surface area contributed by atoms with Crippen molar-refractivity contribution in [3.05, 3.63) is 91.0 Å². The number of hydrogen-bond acceptors (Lipinski definition) is 3. The van der Waals surface area contributed by atoms with Crippen molar-refractivity contribution in [1.82, 2.24) is 0 Å². The first-order valence-electron chi connectivity index (χ1n) is 12.2. The second-order valence-electron chi connectivity index (χ2n) is 9.19. The molecule has 2 atom stereocenters. The summed E-state index contributed by atoms with van der Waals surface area (Å²) in [6.07, 6.45) is 2.37. The van der Waals surface area contributed by atoms with Crippen LogP contribution in [0.3, 0.4) is 0 Å². The van der Waals surface area contributed by atoms with Gasteiger partial charge in [-0.3, -0.25) is 9.59 Å². The van der Waals surface area contributed by atoms with Gasteiger partial charge in [0.25, 0.3) is 0 Å². The second kappa shape index (κ2) is 10.1. The van der Waals surface area contributed by atoms with E-state index in [-0.39, 0.29) is 29.6 Å². The molecule has 34 heavy (non-hydrogen) atoms. The lowest BCUT2D eigenvalue weighted by atomic mass is 9.77. The van der Waals surface area contributed by atoms with Gasteiger partial charge in [-0.05, 0) is 61.6 Å². The van der Waals surface area contributed by atoms with Gasteiger partial charge in [-0.1, -0.05) is 54.6 Å². The van der Waals surface area contributed by atoms with Crippen LogP contribution in [0.15, 0.2) is 91.0 Å². The van der Waals surface area contributed by atoms with Crippen molar-refractivity contribution >= 4 is 28.9 Å². The van der Waals surface area contributed by atoms with Gasteiger partial charge in [-0.15, -0.1) is 0 Å². The lowest BCUT2D eigenvalue weighted by Gasteiger charge is -2.28. The molecule has 0 aromatic heterocycles. The highest BCUT2D eigenvalue weighted by molar-refractivity contribution is 6.00. The van der Waals surface area contributed by atoms with Gasteiger partial charge in [0.2, 0.25) is 11.8 Å². The summed E-state index contributed by atoms with van der Waals surface area (Å²) in [6, 6.07) is 29.9. The number of amides is 2. The quantitative estimate of drug-likeness (QED) is 0.509. The molecule has 2 fully saturated rings. The zero-order valence-electron chi connectivity index (χ0n) is 19.3. The Bertz CT molecular complexity index is 1040. The molecule has 1 N–H and O–H groups in total. The number of carbonyl (C=O) groups excluding carboxylic acids is 2. The van der Waals surface area contributed by atoms with E-state index in [4.69, 9.17) is 0 Å². The molecule has 5 rings (SSSR count). The molecular weight excluding hydrogens is 422 g/mol. The molecule has 2 heterocycles. The maximum absolute atomic E-state index is 13.6. The van der Waals surface area contributed by atoms with Crippen LogP contribution in [-0.2, 0) is 9.59 Å². The monoisotopic (exact) mass is 453 g/mol. The number of rotatable bonds is 8. The van der Waals surface area contributed by atoms with Crippen LogP contribution in [0, 0.1) is 17.8 Å². The second-order valence-corrected chi connectivity index (χ2v) is 9.19. The number of benzene rings is 3. The molecule has 3 aromatic carbocycles. The zero-order chi connectivity index (χ0) is 23.3. The maximum atomic E-state index is 13.6. The molecule has 5 nitrogen and oxygen atoms in total. The Morgan fingerprint density at radius 1 is 0.676 bits per heavy atom. The number of nitrogens with one attached hydrogen (secondary N) is 1. The highest BCUT2D eigenvalue weighted by Gasteiger charge is 2.46. The predicted molar refractivity (Wildman–Crippen MR) is 137 cm³/mol. The molecule has 0 spiro atoms. The summed E-state index contributed by atoms with van der Waals surface area (Å²) in [5.74, 6) is 0.0484. The van der Waals surface area contributed by atoms with E-state index in [0.29, 0.717) is 13.1 Å². The van der Waals surface area contributed by atoms with Gasteiger partial charge in [0.05, 0.1) is 0 Å². The van der Waals surface area contributed by atoms with Crippen molar-refractivity contribution in [3.63, 3.8) is 0 Å². The first-order valence-corrected chi connectivity index (χ1v) is 12.2. The van der Waals surface area contributed by atoms with Gasteiger partial charge in [-0.2, -0.15) is 0 Å². The Balaban J connectivity index is 1.35. The number of nitrogens with zero attached hydrogens (tertiary/aromatic N) is 2. The predicted octanol–water partition coefficient (Wildman–Crippen LogP) is 5.21. The summed E-state index contributed by atoms with van der Waals surface area (Å²) < 4.78 is 0. The van der Waals surface area contributed by atoms with Crippen molar-refractivity contribution in [1.29, 1.82) is 0 Å². The van der Waals surface area contributed by atoms with E-state index in [1.807, 2.05) is 101 Å². The molecule has 0 aliphatic carbocycles. The molecule has 5 heteroatoms. The number of anilines is 3. The van der Waals surface area contributed by atoms with Gasteiger partial charge in [0, 0.05) is 48.5 Å². The summed E-state index contributed by atoms with van der Waals surface area (Å²) in [5.41, 5.74) is 2.95. The molecule has 2 unspecified atom stereocenters. The highest BCUT2D eigenvalue weighted by Crippen LogP contribution is 2.40. The van der Waals surface area contributed by atoms with Crippen LogP contribution in [0.25, 0.3) is 0 Å². The molecule has 2 aliphatic heterocycles. The Labute approximate surface area is 201 Å². The average Bonchev–Trinajstić information content (AvgIpc) is 3.46. The van der Waals surface area contributed by atoms with Crippen LogP contribution in [0.5, 0.6) is 0 Å². The van der Waals surface area contributed by atoms with Crippen molar-refractivity contribution in [3.8, 4) is 0 Å². The van der Waals surface area contributed by atoms with E-state index >= 15 is 0 Å². The summed E-state index contributed by atoms with van der Waals surface area (Å²) in [5, 5.41) is 3.49. The minimum absolute atomic E-state index is 0.0126. The fourth-order valence-electron chi connectivity index (χ4n) is 5.55. The maximum Gasteiger partial charge on any atom is 0.230 e. The molecule has 0 bridgehead atoms. The van der Waals surface area contributed by atoms with Crippen molar-refractivity contribution in [2.75, 3.05) is 34.8 Å². The number of carbonyl (C=O) groups is 2. The van der Waals surface area contributed by atoms with Crippen molar-refractivity contribution < 1.29 is 9.59 Å². The highest BCUT2D eigenvalue weighted by atomic mass is 16.2. The summed E-state index contributed by atoms with van der Waals surface area (Å²) in [4.78, 5) is 31.0. The fraction of sp³-hybridized carbons (Fsp3) is 0.310. The first kappa shape index (κ1) is 22.2. The smallest absolute Gasteiger partial charge is 0.230 e. The number of para-hydroxylation sites is 3. The van der Waals surface area contributed by atoms with Crippen LogP contribution >= 0.6 is 0 Å². The van der Waals surface area contributed by atoms with Gasteiger partial charge >= 0.3 is 0 Å². The van der Waals surface area contributed by atoms with Crippen LogP contribution in [0.4, 0.5) is 17.1 Å². The van der Waals surface area contributed by atoms with Gasteiger partial charge < -0.3 is 15.1 Å². The van der Waals surface area contributed by atoms with E-state index in [2.05, 4.69) is 5.32 Å². The number of hydrogen-bond donors (Lipinski definition) is 1.